The maximum absolute atomic E-state index is 13.3. The Hall–Kier alpha value is -1.28. The zero-order chi connectivity index (χ0) is 19.8. The molecule has 1 heterocycles. The van der Waals surface area contributed by atoms with Crippen LogP contribution in [-0.2, 0) is 16.1 Å². The van der Waals surface area contributed by atoms with Crippen molar-refractivity contribution in [1.82, 2.24) is 19.7 Å². The van der Waals surface area contributed by atoms with Crippen LogP contribution in [0.3, 0.4) is 0 Å². The molecule has 7 nitrogen and oxygen atoms in total. The summed E-state index contributed by atoms with van der Waals surface area (Å²) < 4.78 is 6.68. The van der Waals surface area contributed by atoms with Crippen LogP contribution in [0.1, 0.15) is 70.6 Å². The fourth-order valence-electron chi connectivity index (χ4n) is 4.60. The molecule has 3 rings (SSSR count). The first kappa shape index (κ1) is 21.4. The molecular weight excluding hydrogens is 376 g/mol. The molecule has 0 bridgehead atoms. The van der Waals surface area contributed by atoms with E-state index in [1.807, 2.05) is 0 Å². The summed E-state index contributed by atoms with van der Waals surface area (Å²) in [6.07, 6.45) is 12.8. The number of nitrogens with zero attached hydrogens (tertiary/aromatic N) is 3. The van der Waals surface area contributed by atoms with E-state index >= 15 is 0 Å². The first-order valence-corrected chi connectivity index (χ1v) is 11.8. The van der Waals surface area contributed by atoms with Crippen molar-refractivity contribution in [3.05, 3.63) is 10.5 Å². The van der Waals surface area contributed by atoms with E-state index in [4.69, 9.17) is 4.74 Å². The van der Waals surface area contributed by atoms with E-state index in [0.29, 0.717) is 36.1 Å². The van der Waals surface area contributed by atoms with Crippen molar-refractivity contribution in [2.75, 3.05) is 19.5 Å². The summed E-state index contributed by atoms with van der Waals surface area (Å²) in [6.45, 7) is 1.15. The zero-order valence-electron chi connectivity index (χ0n) is 17.0. The van der Waals surface area contributed by atoms with Crippen molar-refractivity contribution < 1.29 is 9.53 Å². The Morgan fingerprint density at radius 3 is 2.32 bits per heavy atom. The second-order valence-corrected chi connectivity index (χ2v) is 8.93. The Morgan fingerprint density at radius 2 is 1.75 bits per heavy atom. The number of aromatic nitrogens is 3. The smallest absolute Gasteiger partial charge is 0.343 e. The number of rotatable bonds is 9. The molecule has 1 N–H and O–H groups in total. The lowest BCUT2D eigenvalue weighted by Gasteiger charge is -2.41. The van der Waals surface area contributed by atoms with Crippen LogP contribution in [0.5, 0.6) is 0 Å². The fraction of sp³-hybridized carbons (Fsp3) is 0.850. The van der Waals surface area contributed by atoms with Gasteiger partial charge in [-0.2, -0.15) is 0 Å². The second kappa shape index (κ2) is 11.0. The summed E-state index contributed by atoms with van der Waals surface area (Å²) in [5.41, 5.74) is -0.220. The van der Waals surface area contributed by atoms with Crippen LogP contribution < -0.4 is 5.69 Å². The predicted octanol–water partition coefficient (Wildman–Crippen LogP) is 3.19. The van der Waals surface area contributed by atoms with Crippen molar-refractivity contribution in [3.63, 3.8) is 0 Å². The molecule has 0 aromatic carbocycles. The van der Waals surface area contributed by atoms with Gasteiger partial charge in [0.05, 0.1) is 5.75 Å². The molecule has 0 spiro atoms. The minimum atomic E-state index is -0.220. The minimum Gasteiger partial charge on any atom is -0.385 e. The number of amides is 1. The monoisotopic (exact) mass is 410 g/mol. The fourth-order valence-corrected chi connectivity index (χ4v) is 5.44. The van der Waals surface area contributed by atoms with E-state index in [2.05, 4.69) is 15.1 Å². The van der Waals surface area contributed by atoms with Crippen molar-refractivity contribution in [2.45, 2.75) is 94.4 Å². The van der Waals surface area contributed by atoms with Crippen LogP contribution in [0, 0.1) is 0 Å². The first-order valence-electron chi connectivity index (χ1n) is 10.8. The van der Waals surface area contributed by atoms with Crippen LogP contribution >= 0.6 is 11.8 Å². The van der Waals surface area contributed by atoms with E-state index in [9.17, 15) is 9.59 Å². The molecule has 0 radical (unpaired) electrons. The molecule has 8 heteroatoms. The van der Waals surface area contributed by atoms with E-state index in [0.717, 1.165) is 32.1 Å². The number of thioether (sulfide) groups is 1. The molecule has 0 saturated heterocycles. The molecule has 158 valence electrons. The Kier molecular flexibility index (Phi) is 8.45. The number of nitrogens with one attached hydrogen (secondary N) is 1. The maximum atomic E-state index is 13.3. The number of carbonyl (C=O) groups is 1. The van der Waals surface area contributed by atoms with Gasteiger partial charge in [0.15, 0.2) is 5.16 Å². The molecule has 2 fully saturated rings. The molecule has 2 saturated carbocycles. The number of methoxy groups -OCH3 is 1. The van der Waals surface area contributed by atoms with Gasteiger partial charge in [-0.1, -0.05) is 50.3 Å². The largest absolute Gasteiger partial charge is 0.385 e. The van der Waals surface area contributed by atoms with Gasteiger partial charge >= 0.3 is 5.69 Å². The first-order chi connectivity index (χ1) is 13.7. The standard InChI is InChI=1S/C20H34N4O3S/c1-27-14-8-13-23-19(26)21-22-20(23)28-15-18(25)24(16-9-4-2-5-10-16)17-11-6-3-7-12-17/h16-17H,2-15H2,1H3,(H,21,26). The van der Waals surface area contributed by atoms with Crippen LogP contribution in [-0.4, -0.2) is 57.1 Å². The lowest BCUT2D eigenvalue weighted by Crippen LogP contribution is -2.49. The maximum Gasteiger partial charge on any atom is 0.343 e. The van der Waals surface area contributed by atoms with Crippen molar-refractivity contribution in [2.24, 2.45) is 0 Å². The Balaban J connectivity index is 1.64. The summed E-state index contributed by atoms with van der Waals surface area (Å²) in [7, 11) is 1.65. The summed E-state index contributed by atoms with van der Waals surface area (Å²) in [5, 5.41) is 7.24. The summed E-state index contributed by atoms with van der Waals surface area (Å²) in [6, 6.07) is 0.793. The van der Waals surface area contributed by atoms with Gasteiger partial charge in [-0.25, -0.2) is 9.89 Å². The summed E-state index contributed by atoms with van der Waals surface area (Å²) in [5.74, 6) is 0.560. The highest BCUT2D eigenvalue weighted by Gasteiger charge is 2.32. The molecule has 28 heavy (non-hydrogen) atoms. The highest BCUT2D eigenvalue weighted by molar-refractivity contribution is 7.99. The molecular formula is C20H34N4O3S. The van der Waals surface area contributed by atoms with Gasteiger partial charge in [-0.3, -0.25) is 9.36 Å². The number of carbonyl (C=O) groups excluding carboxylic acids is 1. The number of H-pyrrole nitrogens is 1. The average Bonchev–Trinajstić information content (AvgIpc) is 3.08. The average molecular weight is 411 g/mol. The molecule has 1 amide bonds. The van der Waals surface area contributed by atoms with E-state index in [1.165, 1.54) is 50.3 Å². The second-order valence-electron chi connectivity index (χ2n) is 7.98. The third kappa shape index (κ3) is 5.63. The zero-order valence-corrected chi connectivity index (χ0v) is 17.8. The third-order valence-electron chi connectivity index (χ3n) is 6.00. The molecule has 1 aromatic heterocycles. The number of hydrogen-bond donors (Lipinski definition) is 1. The molecule has 2 aliphatic rings. The van der Waals surface area contributed by atoms with Crippen LogP contribution in [0.4, 0.5) is 0 Å². The van der Waals surface area contributed by atoms with Crippen LogP contribution in [0.2, 0.25) is 0 Å². The molecule has 1 aromatic rings. The molecule has 0 aliphatic heterocycles. The van der Waals surface area contributed by atoms with Gasteiger partial charge in [0.2, 0.25) is 5.91 Å². The van der Waals surface area contributed by atoms with Gasteiger partial charge in [0, 0.05) is 32.3 Å². The highest BCUT2D eigenvalue weighted by atomic mass is 32.2. The van der Waals surface area contributed by atoms with Crippen molar-refractivity contribution >= 4 is 17.7 Å². The van der Waals surface area contributed by atoms with Gasteiger partial charge in [-0.05, 0) is 32.1 Å². The molecule has 2 aliphatic carbocycles. The van der Waals surface area contributed by atoms with E-state index in [1.54, 1.807) is 11.7 Å². The van der Waals surface area contributed by atoms with Gasteiger partial charge in [0.1, 0.15) is 0 Å². The number of aromatic amines is 1. The summed E-state index contributed by atoms with van der Waals surface area (Å²) in [4.78, 5) is 27.5. The SMILES string of the molecule is COCCCn1c(SCC(=O)N(C2CCCCC2)C2CCCCC2)n[nH]c1=O. The topological polar surface area (TPSA) is 80.2 Å². The Labute approximate surface area is 171 Å². The number of ether oxygens (including phenoxy) is 1. The lowest BCUT2D eigenvalue weighted by atomic mass is 9.88. The molecule has 0 atom stereocenters. The normalized spacial score (nSPS) is 19.0. The third-order valence-corrected chi connectivity index (χ3v) is 6.96. The molecule has 0 unspecified atom stereocenters. The van der Waals surface area contributed by atoms with Gasteiger partial charge in [0.25, 0.3) is 0 Å². The van der Waals surface area contributed by atoms with Crippen LogP contribution in [0.15, 0.2) is 9.95 Å². The summed E-state index contributed by atoms with van der Waals surface area (Å²) >= 11 is 1.38. The van der Waals surface area contributed by atoms with E-state index in [-0.39, 0.29) is 11.6 Å². The Morgan fingerprint density at radius 1 is 1.14 bits per heavy atom. The lowest BCUT2D eigenvalue weighted by molar-refractivity contribution is -0.135. The number of hydrogen-bond acceptors (Lipinski definition) is 5. The van der Waals surface area contributed by atoms with E-state index < -0.39 is 0 Å². The van der Waals surface area contributed by atoms with Crippen molar-refractivity contribution in [3.8, 4) is 0 Å². The highest BCUT2D eigenvalue weighted by Crippen LogP contribution is 2.31. The van der Waals surface area contributed by atoms with Crippen LogP contribution in [0.25, 0.3) is 0 Å². The Bertz CT molecular complexity index is 645. The quantitative estimate of drug-likeness (QED) is 0.499. The van der Waals surface area contributed by atoms with Crippen molar-refractivity contribution in [1.29, 1.82) is 0 Å². The predicted molar refractivity (Wildman–Crippen MR) is 111 cm³/mol. The van der Waals surface area contributed by atoms with Gasteiger partial charge in [-0.15, -0.1) is 5.10 Å². The van der Waals surface area contributed by atoms with Gasteiger partial charge < -0.3 is 9.64 Å². The minimum absolute atomic E-state index is 0.211.